The Morgan fingerprint density at radius 3 is 2.94 bits per heavy atom. The number of benzene rings is 1. The monoisotopic (exact) mass is 246 g/mol. The molecule has 94 valence electrons. The van der Waals surface area contributed by atoms with Gasteiger partial charge in [0.15, 0.2) is 5.82 Å². The summed E-state index contributed by atoms with van der Waals surface area (Å²) in [6.45, 7) is 0.751. The van der Waals surface area contributed by atoms with Gasteiger partial charge < -0.3 is 15.6 Å². The number of nitrogens with zero attached hydrogens (tertiary/aromatic N) is 2. The lowest BCUT2D eigenvalue weighted by atomic mass is 10.0. The van der Waals surface area contributed by atoms with Crippen LogP contribution in [0.1, 0.15) is 21.7 Å². The number of hydrogen-bond acceptors (Lipinski definition) is 5. The van der Waals surface area contributed by atoms with Gasteiger partial charge in [-0.1, -0.05) is 23.4 Å². The Bertz CT molecular complexity index is 511. The minimum absolute atomic E-state index is 0.163. The zero-order chi connectivity index (χ0) is 12.8. The molecule has 0 aliphatic rings. The molecule has 2 aromatic rings. The van der Waals surface area contributed by atoms with Crippen molar-refractivity contribution >= 4 is 5.91 Å². The molecule has 0 bridgehead atoms. The number of rotatable bonds is 5. The number of amides is 1. The molecule has 0 radical (unpaired) electrons. The molecule has 0 atom stereocenters. The fourth-order valence-electron chi connectivity index (χ4n) is 1.64. The van der Waals surface area contributed by atoms with Crippen LogP contribution in [0.3, 0.4) is 0 Å². The Morgan fingerprint density at radius 1 is 1.39 bits per heavy atom. The summed E-state index contributed by atoms with van der Waals surface area (Å²) in [4.78, 5) is 15.8. The molecule has 1 amide bonds. The first-order chi connectivity index (χ1) is 8.81. The molecule has 1 aromatic carbocycles. The highest BCUT2D eigenvalue weighted by molar-refractivity contribution is 5.95. The van der Waals surface area contributed by atoms with Crippen LogP contribution in [0.5, 0.6) is 0 Å². The van der Waals surface area contributed by atoms with Crippen LogP contribution in [0.15, 0.2) is 35.2 Å². The second kappa shape index (κ2) is 5.92. The van der Waals surface area contributed by atoms with E-state index in [1.165, 1.54) is 6.39 Å². The van der Waals surface area contributed by atoms with Gasteiger partial charge in [-0.05, 0) is 24.6 Å². The van der Waals surface area contributed by atoms with Gasteiger partial charge in [-0.25, -0.2) is 0 Å². The molecule has 0 aliphatic heterocycles. The van der Waals surface area contributed by atoms with Crippen molar-refractivity contribution in [1.29, 1.82) is 0 Å². The van der Waals surface area contributed by atoms with E-state index in [2.05, 4.69) is 20.0 Å². The van der Waals surface area contributed by atoms with Crippen LogP contribution in [0.2, 0.25) is 0 Å². The highest BCUT2D eigenvalue weighted by Crippen LogP contribution is 2.09. The van der Waals surface area contributed by atoms with Crippen LogP contribution in [-0.2, 0) is 13.0 Å². The third kappa shape index (κ3) is 2.92. The fraction of sp³-hybridized carbons (Fsp3) is 0.250. The molecule has 6 heteroatoms. The molecular formula is C12H14N4O2. The fourth-order valence-corrected chi connectivity index (χ4v) is 1.64. The van der Waals surface area contributed by atoms with E-state index in [1.54, 1.807) is 6.07 Å². The van der Waals surface area contributed by atoms with Crippen molar-refractivity contribution < 1.29 is 9.32 Å². The lowest BCUT2D eigenvalue weighted by molar-refractivity contribution is 0.0948. The van der Waals surface area contributed by atoms with Crippen LogP contribution in [0.25, 0.3) is 0 Å². The molecule has 6 nitrogen and oxygen atoms in total. The van der Waals surface area contributed by atoms with E-state index in [4.69, 9.17) is 5.73 Å². The van der Waals surface area contributed by atoms with Crippen molar-refractivity contribution in [3.8, 4) is 0 Å². The predicted octanol–water partition coefficient (Wildman–Crippen LogP) is 0.501. The van der Waals surface area contributed by atoms with Crippen molar-refractivity contribution in [2.75, 3.05) is 6.54 Å². The summed E-state index contributed by atoms with van der Waals surface area (Å²) in [6, 6.07) is 7.39. The topological polar surface area (TPSA) is 94.0 Å². The Kier molecular flexibility index (Phi) is 4.03. The summed E-state index contributed by atoms with van der Waals surface area (Å²) in [5.41, 5.74) is 7.08. The maximum Gasteiger partial charge on any atom is 0.251 e. The summed E-state index contributed by atoms with van der Waals surface area (Å²) in [7, 11) is 0. The molecule has 1 heterocycles. The lowest BCUT2D eigenvalue weighted by Gasteiger charge is -2.08. The number of nitrogens with two attached hydrogens (primary N) is 1. The van der Waals surface area contributed by atoms with Gasteiger partial charge in [0.1, 0.15) is 0 Å². The second-order valence-corrected chi connectivity index (χ2v) is 3.73. The number of nitrogens with one attached hydrogen (secondary N) is 1. The van der Waals surface area contributed by atoms with Gasteiger partial charge in [-0.3, -0.25) is 4.79 Å². The lowest BCUT2D eigenvalue weighted by Crippen LogP contribution is -2.25. The molecule has 0 unspecified atom stereocenters. The number of carbonyl (C=O) groups is 1. The molecule has 18 heavy (non-hydrogen) atoms. The zero-order valence-electron chi connectivity index (χ0n) is 9.80. The first-order valence-electron chi connectivity index (χ1n) is 5.62. The SMILES string of the molecule is NCCc1ccccc1C(=O)NCc1ncon1. The third-order valence-electron chi connectivity index (χ3n) is 2.49. The molecule has 3 N–H and O–H groups in total. The molecular weight excluding hydrogens is 232 g/mol. The van der Waals surface area contributed by atoms with Gasteiger partial charge >= 0.3 is 0 Å². The highest BCUT2D eigenvalue weighted by atomic mass is 16.5. The van der Waals surface area contributed by atoms with Gasteiger partial charge in [-0.2, -0.15) is 4.98 Å². The van der Waals surface area contributed by atoms with Crippen molar-refractivity contribution in [3.05, 3.63) is 47.6 Å². The Hall–Kier alpha value is -2.21. The zero-order valence-corrected chi connectivity index (χ0v) is 9.80. The molecule has 2 rings (SSSR count). The number of carbonyl (C=O) groups excluding carboxylic acids is 1. The summed E-state index contributed by atoms with van der Waals surface area (Å²) in [5, 5.41) is 6.36. The van der Waals surface area contributed by atoms with E-state index in [-0.39, 0.29) is 12.5 Å². The first kappa shape index (κ1) is 12.3. The van der Waals surface area contributed by atoms with E-state index < -0.39 is 0 Å². The smallest absolute Gasteiger partial charge is 0.251 e. The Morgan fingerprint density at radius 2 is 2.22 bits per heavy atom. The quantitative estimate of drug-likeness (QED) is 0.801. The first-order valence-corrected chi connectivity index (χ1v) is 5.62. The predicted molar refractivity (Wildman–Crippen MR) is 64.7 cm³/mol. The van der Waals surface area contributed by atoms with Gasteiger partial charge in [0.05, 0.1) is 6.54 Å². The largest absolute Gasteiger partial charge is 0.345 e. The van der Waals surface area contributed by atoms with Crippen LogP contribution < -0.4 is 11.1 Å². The number of aromatic nitrogens is 2. The van der Waals surface area contributed by atoms with Crippen LogP contribution in [0.4, 0.5) is 0 Å². The summed E-state index contributed by atoms with van der Waals surface area (Å²) < 4.78 is 4.59. The molecule has 0 fully saturated rings. The Labute approximate surface area is 104 Å². The van der Waals surface area contributed by atoms with Crippen LogP contribution in [0, 0.1) is 0 Å². The summed E-state index contributed by atoms with van der Waals surface area (Å²) >= 11 is 0. The normalized spacial score (nSPS) is 10.3. The molecule has 1 aromatic heterocycles. The van der Waals surface area contributed by atoms with Crippen molar-refractivity contribution in [2.45, 2.75) is 13.0 Å². The van der Waals surface area contributed by atoms with Gasteiger partial charge in [0.25, 0.3) is 5.91 Å². The molecule has 0 aliphatic carbocycles. The van der Waals surface area contributed by atoms with Crippen LogP contribution in [-0.4, -0.2) is 22.6 Å². The maximum absolute atomic E-state index is 12.0. The van der Waals surface area contributed by atoms with E-state index in [0.717, 1.165) is 5.56 Å². The van der Waals surface area contributed by atoms with Gasteiger partial charge in [0, 0.05) is 5.56 Å². The van der Waals surface area contributed by atoms with Crippen molar-refractivity contribution in [2.24, 2.45) is 5.73 Å². The average Bonchev–Trinajstić information content (AvgIpc) is 2.90. The van der Waals surface area contributed by atoms with Crippen LogP contribution >= 0.6 is 0 Å². The second-order valence-electron chi connectivity index (χ2n) is 3.73. The third-order valence-corrected chi connectivity index (χ3v) is 2.49. The molecule has 0 spiro atoms. The summed E-state index contributed by atoms with van der Waals surface area (Å²) in [6.07, 6.45) is 1.90. The Balaban J connectivity index is 2.04. The van der Waals surface area contributed by atoms with E-state index in [9.17, 15) is 4.79 Å². The molecule has 0 saturated heterocycles. The maximum atomic E-state index is 12.0. The highest BCUT2D eigenvalue weighted by Gasteiger charge is 2.10. The van der Waals surface area contributed by atoms with Crippen molar-refractivity contribution in [1.82, 2.24) is 15.5 Å². The van der Waals surface area contributed by atoms with E-state index >= 15 is 0 Å². The molecule has 0 saturated carbocycles. The van der Waals surface area contributed by atoms with Gasteiger partial charge in [-0.15, -0.1) is 0 Å². The van der Waals surface area contributed by atoms with Crippen molar-refractivity contribution in [3.63, 3.8) is 0 Å². The van der Waals surface area contributed by atoms with E-state index in [1.807, 2.05) is 18.2 Å². The minimum Gasteiger partial charge on any atom is -0.345 e. The van der Waals surface area contributed by atoms with E-state index in [0.29, 0.717) is 24.4 Å². The number of hydrogen-bond donors (Lipinski definition) is 2. The van der Waals surface area contributed by atoms with Gasteiger partial charge in [0.2, 0.25) is 6.39 Å². The minimum atomic E-state index is -0.163. The standard InChI is InChI=1S/C12H14N4O2/c13-6-5-9-3-1-2-4-10(9)12(17)14-7-11-15-8-18-16-11/h1-4,8H,5-7,13H2,(H,14,17). The average molecular weight is 246 g/mol. The summed E-state index contributed by atoms with van der Waals surface area (Å²) in [5.74, 6) is 0.281.